The number of nitrogens with zero attached hydrogens (tertiary/aromatic N) is 3. The van der Waals surface area contributed by atoms with Crippen LogP contribution < -0.4 is 5.32 Å². The van der Waals surface area contributed by atoms with Crippen molar-refractivity contribution in [1.82, 2.24) is 20.1 Å². The van der Waals surface area contributed by atoms with E-state index in [-0.39, 0.29) is 18.1 Å². The van der Waals surface area contributed by atoms with Crippen LogP contribution in [0.4, 0.5) is 26.3 Å². The van der Waals surface area contributed by atoms with Crippen molar-refractivity contribution in [1.29, 1.82) is 0 Å². The first-order chi connectivity index (χ1) is 18.6. The lowest BCUT2D eigenvalue weighted by Crippen LogP contribution is -2.35. The predicted molar refractivity (Wildman–Crippen MR) is 127 cm³/mol. The highest BCUT2D eigenvalue weighted by molar-refractivity contribution is 5.76. The van der Waals surface area contributed by atoms with Crippen LogP contribution in [-0.2, 0) is 25.7 Å². The smallest absolute Gasteiger partial charge is 0.475 e. The third kappa shape index (κ3) is 12.0. The molecular formula is C24H32F6N4O6. The number of carbonyl (C=O) groups is 3. The number of aromatic nitrogens is 1. The molecule has 40 heavy (non-hydrogen) atoms. The number of fused-ring (bicyclic) bond motifs is 1. The second-order valence-corrected chi connectivity index (χ2v) is 9.56. The fraction of sp³-hybridized carbons (Fsp3) is 0.667. The van der Waals surface area contributed by atoms with Gasteiger partial charge in [-0.05, 0) is 44.0 Å². The Balaban J connectivity index is 0.000000333. The van der Waals surface area contributed by atoms with Gasteiger partial charge in [0.1, 0.15) is 0 Å². The average molecular weight is 587 g/mol. The standard InChI is InChI=1S/C20H30N4O2.2C2HF3O2/c25-20(22-6-9-23-7-1-2-8-23)11-18-10-17-14-24(15-19(17)26-18)13-16-4-3-5-21-12-16;2*3-2(4,5)1(6)7/h3-5,12,17-19H,1-2,6-11,13-15H2,(H,22,25);2*(H,6,7)/t17-,18-,19+;;/m0../s1. The third-order valence-corrected chi connectivity index (χ3v) is 6.37. The van der Waals surface area contributed by atoms with E-state index in [1.165, 1.54) is 31.5 Å². The molecule has 3 aliphatic rings. The topological polar surface area (TPSA) is 132 Å². The number of ether oxygens (including phenoxy) is 1. The summed E-state index contributed by atoms with van der Waals surface area (Å²) in [7, 11) is 0. The molecule has 3 fully saturated rings. The number of pyridine rings is 1. The summed E-state index contributed by atoms with van der Waals surface area (Å²) >= 11 is 0. The molecule has 3 atom stereocenters. The molecular weight excluding hydrogens is 554 g/mol. The zero-order valence-corrected chi connectivity index (χ0v) is 21.5. The molecule has 3 saturated heterocycles. The molecule has 4 rings (SSSR count). The molecule has 0 bridgehead atoms. The SMILES string of the molecule is O=C(C[C@@H]1C[C@H]2CN(Cc3cccnc3)C[C@H]2O1)NCCN1CCCC1.O=C(O)C(F)(F)F.O=C(O)C(F)(F)F. The molecule has 1 aromatic heterocycles. The van der Waals surface area contributed by atoms with Crippen LogP contribution in [0.15, 0.2) is 24.5 Å². The minimum atomic E-state index is -5.08. The first-order valence-corrected chi connectivity index (χ1v) is 12.5. The maximum Gasteiger partial charge on any atom is 0.490 e. The summed E-state index contributed by atoms with van der Waals surface area (Å²) in [6.07, 6.45) is -1.93. The van der Waals surface area contributed by atoms with Gasteiger partial charge in [0.05, 0.1) is 18.6 Å². The van der Waals surface area contributed by atoms with Crippen molar-refractivity contribution < 1.29 is 55.7 Å². The van der Waals surface area contributed by atoms with Crippen LogP contribution in [0.5, 0.6) is 0 Å². The molecule has 1 amide bonds. The number of hydrogen-bond acceptors (Lipinski definition) is 7. The predicted octanol–water partition coefficient (Wildman–Crippen LogP) is 2.54. The summed E-state index contributed by atoms with van der Waals surface area (Å²) in [5.74, 6) is -4.81. The zero-order valence-electron chi connectivity index (χ0n) is 21.5. The van der Waals surface area contributed by atoms with Gasteiger partial charge in [0, 0.05) is 51.0 Å². The van der Waals surface area contributed by atoms with Crippen molar-refractivity contribution in [2.75, 3.05) is 39.3 Å². The molecule has 0 aromatic carbocycles. The number of nitrogens with one attached hydrogen (secondary N) is 1. The normalized spacial score (nSPS) is 22.9. The third-order valence-electron chi connectivity index (χ3n) is 6.37. The van der Waals surface area contributed by atoms with Crippen LogP contribution in [0.1, 0.15) is 31.2 Å². The number of rotatable bonds is 7. The van der Waals surface area contributed by atoms with Gasteiger partial charge in [-0.2, -0.15) is 26.3 Å². The van der Waals surface area contributed by atoms with Gasteiger partial charge in [-0.3, -0.25) is 14.7 Å². The molecule has 16 heteroatoms. The van der Waals surface area contributed by atoms with Gasteiger partial charge in [-0.15, -0.1) is 0 Å². The number of carboxylic acids is 2. The number of carbonyl (C=O) groups excluding carboxylic acids is 1. The van der Waals surface area contributed by atoms with Crippen molar-refractivity contribution in [2.45, 2.75) is 56.8 Å². The summed E-state index contributed by atoms with van der Waals surface area (Å²) < 4.78 is 69.6. The van der Waals surface area contributed by atoms with Gasteiger partial charge in [0.2, 0.25) is 5.91 Å². The minimum Gasteiger partial charge on any atom is -0.475 e. The Labute approximate surface area is 226 Å². The second-order valence-electron chi connectivity index (χ2n) is 9.56. The number of aliphatic carboxylic acids is 2. The summed E-state index contributed by atoms with van der Waals surface area (Å²) in [5, 5.41) is 17.3. The van der Waals surface area contributed by atoms with Crippen molar-refractivity contribution in [2.24, 2.45) is 5.92 Å². The molecule has 226 valence electrons. The molecule has 0 unspecified atom stereocenters. The van der Waals surface area contributed by atoms with E-state index < -0.39 is 24.3 Å². The average Bonchev–Trinajstić information content (AvgIpc) is 3.57. The summed E-state index contributed by atoms with van der Waals surface area (Å²) in [6.45, 7) is 7.06. The number of hydrogen-bond donors (Lipinski definition) is 3. The first-order valence-electron chi connectivity index (χ1n) is 12.5. The van der Waals surface area contributed by atoms with Crippen LogP contribution >= 0.6 is 0 Å². The van der Waals surface area contributed by atoms with E-state index in [1.54, 1.807) is 0 Å². The number of carboxylic acid groups (broad SMARTS) is 2. The second kappa shape index (κ2) is 15.1. The number of alkyl halides is 6. The van der Waals surface area contributed by atoms with E-state index in [4.69, 9.17) is 24.5 Å². The van der Waals surface area contributed by atoms with Crippen LogP contribution in [0, 0.1) is 5.92 Å². The Morgan fingerprint density at radius 1 is 1.00 bits per heavy atom. The molecule has 0 aliphatic carbocycles. The van der Waals surface area contributed by atoms with E-state index in [1.807, 2.05) is 18.5 Å². The quantitative estimate of drug-likeness (QED) is 0.413. The first kappa shape index (κ1) is 33.2. The lowest BCUT2D eigenvalue weighted by Gasteiger charge is -2.19. The number of halogens is 6. The Kier molecular flexibility index (Phi) is 12.6. The highest BCUT2D eigenvalue weighted by Gasteiger charge is 2.42. The molecule has 1 aromatic rings. The van der Waals surface area contributed by atoms with Gasteiger partial charge in [-0.25, -0.2) is 9.59 Å². The van der Waals surface area contributed by atoms with E-state index in [0.29, 0.717) is 12.3 Å². The Hall–Kier alpha value is -2.98. The molecule has 3 N–H and O–H groups in total. The molecule has 3 aliphatic heterocycles. The number of amides is 1. The Bertz CT molecular complexity index is 921. The largest absolute Gasteiger partial charge is 0.490 e. The maximum absolute atomic E-state index is 12.2. The summed E-state index contributed by atoms with van der Waals surface area (Å²) in [5.41, 5.74) is 1.25. The maximum atomic E-state index is 12.2. The molecule has 0 saturated carbocycles. The lowest BCUT2D eigenvalue weighted by atomic mass is 10.0. The van der Waals surface area contributed by atoms with Crippen LogP contribution in [0.3, 0.4) is 0 Å². The fourth-order valence-corrected chi connectivity index (χ4v) is 4.60. The highest BCUT2D eigenvalue weighted by atomic mass is 19.4. The highest BCUT2D eigenvalue weighted by Crippen LogP contribution is 2.34. The van der Waals surface area contributed by atoms with Crippen LogP contribution in [0.2, 0.25) is 0 Å². The van der Waals surface area contributed by atoms with Crippen LogP contribution in [-0.4, -0.2) is 107 Å². The van der Waals surface area contributed by atoms with E-state index in [0.717, 1.165) is 39.1 Å². The van der Waals surface area contributed by atoms with Crippen molar-refractivity contribution >= 4 is 17.8 Å². The summed E-state index contributed by atoms with van der Waals surface area (Å²) in [4.78, 5) is 39.0. The zero-order chi connectivity index (χ0) is 29.9. The van der Waals surface area contributed by atoms with E-state index >= 15 is 0 Å². The Morgan fingerprint density at radius 3 is 2.10 bits per heavy atom. The van der Waals surface area contributed by atoms with Gasteiger partial charge >= 0.3 is 24.3 Å². The monoisotopic (exact) mass is 586 g/mol. The van der Waals surface area contributed by atoms with Gasteiger partial charge in [-0.1, -0.05) is 6.07 Å². The van der Waals surface area contributed by atoms with Crippen LogP contribution in [0.25, 0.3) is 0 Å². The molecule has 0 radical (unpaired) electrons. The fourth-order valence-electron chi connectivity index (χ4n) is 4.60. The van der Waals surface area contributed by atoms with E-state index in [9.17, 15) is 31.1 Å². The van der Waals surface area contributed by atoms with Crippen molar-refractivity contribution in [3.63, 3.8) is 0 Å². The molecule has 0 spiro atoms. The molecule has 4 heterocycles. The van der Waals surface area contributed by atoms with Gasteiger partial charge < -0.3 is 25.2 Å². The van der Waals surface area contributed by atoms with Gasteiger partial charge in [0.15, 0.2) is 0 Å². The minimum absolute atomic E-state index is 0.0947. The Morgan fingerprint density at radius 2 is 1.60 bits per heavy atom. The number of likely N-dealkylation sites (tertiary alicyclic amines) is 2. The van der Waals surface area contributed by atoms with E-state index in [2.05, 4.69) is 26.2 Å². The summed E-state index contributed by atoms with van der Waals surface area (Å²) in [6, 6.07) is 4.11. The van der Waals surface area contributed by atoms with Crippen molar-refractivity contribution in [3.05, 3.63) is 30.1 Å². The lowest BCUT2D eigenvalue weighted by molar-refractivity contribution is -0.193. The molecule has 10 nitrogen and oxygen atoms in total. The van der Waals surface area contributed by atoms with Crippen molar-refractivity contribution in [3.8, 4) is 0 Å². The van der Waals surface area contributed by atoms with Gasteiger partial charge in [0.25, 0.3) is 0 Å².